The number of hydrogen-bond donors (Lipinski definition) is 1. The monoisotopic (exact) mass is 272 g/mol. The number of aromatic nitrogens is 2. The lowest BCUT2D eigenvalue weighted by molar-refractivity contribution is 0.214. The van der Waals surface area contributed by atoms with Crippen molar-refractivity contribution in [2.45, 2.75) is 13.0 Å². The molecule has 20 heavy (non-hydrogen) atoms. The summed E-state index contributed by atoms with van der Waals surface area (Å²) in [7, 11) is 5.37. The van der Waals surface area contributed by atoms with Crippen molar-refractivity contribution in [3.63, 3.8) is 0 Å². The fourth-order valence-corrected chi connectivity index (χ4v) is 2.05. The maximum atomic E-state index is 12.0. The number of benzene rings is 1. The molecule has 5 nitrogen and oxygen atoms in total. The van der Waals surface area contributed by atoms with Gasteiger partial charge in [-0.05, 0) is 12.5 Å². The van der Waals surface area contributed by atoms with Crippen molar-refractivity contribution in [2.75, 3.05) is 14.1 Å². The highest BCUT2D eigenvalue weighted by molar-refractivity contribution is 5.74. The molecule has 0 saturated heterocycles. The average Bonchev–Trinajstić information content (AvgIpc) is 2.81. The Balaban J connectivity index is 2.39. The van der Waals surface area contributed by atoms with Crippen LogP contribution < -0.4 is 5.32 Å². The lowest BCUT2D eigenvalue weighted by atomic mass is 10.0. The zero-order valence-corrected chi connectivity index (χ0v) is 12.3. The van der Waals surface area contributed by atoms with Gasteiger partial charge in [0.15, 0.2) is 0 Å². The normalized spacial score (nSPS) is 12.0. The third-order valence-electron chi connectivity index (χ3n) is 3.17. The third kappa shape index (κ3) is 2.99. The number of aryl methyl sites for hydroxylation is 2. The smallest absolute Gasteiger partial charge is 0.317 e. The number of carbonyl (C=O) groups excluding carboxylic acids is 1. The predicted octanol–water partition coefficient (Wildman–Crippen LogP) is 2.09. The Morgan fingerprint density at radius 2 is 2.15 bits per heavy atom. The Labute approximate surface area is 119 Å². The summed E-state index contributed by atoms with van der Waals surface area (Å²) in [6.45, 7) is 2.03. The molecule has 0 aliphatic heterocycles. The molecule has 1 aromatic heterocycles. The van der Waals surface area contributed by atoms with E-state index < -0.39 is 0 Å². The van der Waals surface area contributed by atoms with Crippen molar-refractivity contribution in [3.8, 4) is 0 Å². The van der Waals surface area contributed by atoms with Gasteiger partial charge in [-0.3, -0.25) is 0 Å². The molecule has 0 spiro atoms. The van der Waals surface area contributed by atoms with Gasteiger partial charge >= 0.3 is 6.03 Å². The van der Waals surface area contributed by atoms with Crippen LogP contribution in [0.25, 0.3) is 0 Å². The first-order chi connectivity index (χ1) is 9.49. The molecule has 106 valence electrons. The lowest BCUT2D eigenvalue weighted by Crippen LogP contribution is -2.38. The standard InChI is InChI=1S/C15H20N4O/c1-11-6-5-7-12(10-11)13(17-15(20)18(2)3)14-16-8-9-19(14)4/h5-10,13H,1-4H3,(H,17,20). The summed E-state index contributed by atoms with van der Waals surface area (Å²) in [5.74, 6) is 0.811. The summed E-state index contributed by atoms with van der Waals surface area (Å²) in [5, 5.41) is 3.01. The first-order valence-electron chi connectivity index (χ1n) is 6.50. The maximum Gasteiger partial charge on any atom is 0.317 e. The maximum absolute atomic E-state index is 12.0. The van der Waals surface area contributed by atoms with Gasteiger partial charge in [-0.1, -0.05) is 29.8 Å². The van der Waals surface area contributed by atoms with Crippen molar-refractivity contribution >= 4 is 6.03 Å². The molecule has 0 saturated carbocycles. The Kier molecular flexibility index (Phi) is 4.08. The van der Waals surface area contributed by atoms with Crippen molar-refractivity contribution in [3.05, 3.63) is 53.6 Å². The van der Waals surface area contributed by atoms with E-state index in [2.05, 4.69) is 16.4 Å². The van der Waals surface area contributed by atoms with E-state index >= 15 is 0 Å². The van der Waals surface area contributed by atoms with Crippen LogP contribution in [0.4, 0.5) is 4.79 Å². The largest absolute Gasteiger partial charge is 0.336 e. The van der Waals surface area contributed by atoms with Gasteiger partial charge in [0.25, 0.3) is 0 Å². The molecule has 0 aliphatic rings. The van der Waals surface area contributed by atoms with E-state index in [0.29, 0.717) is 0 Å². The highest BCUT2D eigenvalue weighted by Crippen LogP contribution is 2.21. The van der Waals surface area contributed by atoms with Crippen LogP contribution in [-0.4, -0.2) is 34.6 Å². The molecule has 2 amide bonds. The van der Waals surface area contributed by atoms with Crippen molar-refractivity contribution < 1.29 is 4.79 Å². The van der Waals surface area contributed by atoms with Crippen LogP contribution in [0.3, 0.4) is 0 Å². The van der Waals surface area contributed by atoms with Crippen LogP contribution in [0.2, 0.25) is 0 Å². The highest BCUT2D eigenvalue weighted by atomic mass is 16.2. The highest BCUT2D eigenvalue weighted by Gasteiger charge is 2.21. The van der Waals surface area contributed by atoms with Gasteiger partial charge in [-0.25, -0.2) is 9.78 Å². The van der Waals surface area contributed by atoms with Crippen molar-refractivity contribution in [1.82, 2.24) is 19.8 Å². The van der Waals surface area contributed by atoms with Gasteiger partial charge in [-0.15, -0.1) is 0 Å². The lowest BCUT2D eigenvalue weighted by Gasteiger charge is -2.22. The second-order valence-electron chi connectivity index (χ2n) is 5.09. The first-order valence-corrected chi connectivity index (χ1v) is 6.50. The number of nitrogens with zero attached hydrogens (tertiary/aromatic N) is 3. The third-order valence-corrected chi connectivity index (χ3v) is 3.17. The Morgan fingerprint density at radius 1 is 1.40 bits per heavy atom. The molecular formula is C15H20N4O. The zero-order valence-electron chi connectivity index (χ0n) is 12.3. The van der Waals surface area contributed by atoms with Crippen LogP contribution in [0, 0.1) is 6.92 Å². The Hall–Kier alpha value is -2.30. The van der Waals surface area contributed by atoms with Crippen LogP contribution >= 0.6 is 0 Å². The molecule has 1 aromatic carbocycles. The number of urea groups is 1. The molecule has 2 rings (SSSR count). The summed E-state index contributed by atoms with van der Waals surface area (Å²) in [6.07, 6.45) is 3.61. The van der Waals surface area contributed by atoms with Gasteiger partial charge in [0, 0.05) is 33.5 Å². The molecule has 0 radical (unpaired) electrons. The summed E-state index contributed by atoms with van der Waals surface area (Å²) in [5.41, 5.74) is 2.18. The molecule has 0 bridgehead atoms. The van der Waals surface area contributed by atoms with Crippen LogP contribution in [0.5, 0.6) is 0 Å². The van der Waals surface area contributed by atoms with E-state index in [0.717, 1.165) is 17.0 Å². The molecule has 1 heterocycles. The summed E-state index contributed by atoms with van der Waals surface area (Å²) < 4.78 is 1.92. The van der Waals surface area contributed by atoms with E-state index in [1.54, 1.807) is 20.3 Å². The summed E-state index contributed by atoms with van der Waals surface area (Å²) in [4.78, 5) is 17.9. The van der Waals surface area contributed by atoms with E-state index in [1.807, 2.05) is 42.9 Å². The topological polar surface area (TPSA) is 50.2 Å². The number of amides is 2. The quantitative estimate of drug-likeness (QED) is 0.930. The minimum absolute atomic E-state index is 0.139. The van der Waals surface area contributed by atoms with E-state index in [9.17, 15) is 4.79 Å². The van der Waals surface area contributed by atoms with Crippen LogP contribution in [-0.2, 0) is 7.05 Å². The van der Waals surface area contributed by atoms with Gasteiger partial charge in [0.05, 0.1) is 0 Å². The predicted molar refractivity (Wildman–Crippen MR) is 78.4 cm³/mol. The number of hydrogen-bond acceptors (Lipinski definition) is 2. The van der Waals surface area contributed by atoms with E-state index in [1.165, 1.54) is 4.90 Å². The molecule has 1 N–H and O–H groups in total. The second-order valence-corrected chi connectivity index (χ2v) is 5.09. The van der Waals surface area contributed by atoms with Gasteiger partial charge in [-0.2, -0.15) is 0 Å². The Bertz CT molecular complexity index is 603. The SMILES string of the molecule is Cc1cccc(C(NC(=O)N(C)C)c2nccn2C)c1. The number of imidazole rings is 1. The zero-order chi connectivity index (χ0) is 14.7. The van der Waals surface area contributed by atoms with Crippen molar-refractivity contribution in [1.29, 1.82) is 0 Å². The van der Waals surface area contributed by atoms with E-state index in [-0.39, 0.29) is 12.1 Å². The minimum atomic E-state index is -0.259. The molecule has 2 aromatic rings. The molecular weight excluding hydrogens is 252 g/mol. The molecule has 1 atom stereocenters. The van der Waals surface area contributed by atoms with E-state index in [4.69, 9.17) is 0 Å². The van der Waals surface area contributed by atoms with Gasteiger partial charge in [0.1, 0.15) is 11.9 Å². The fourth-order valence-electron chi connectivity index (χ4n) is 2.05. The Morgan fingerprint density at radius 3 is 2.70 bits per heavy atom. The second kappa shape index (κ2) is 5.77. The fraction of sp³-hybridized carbons (Fsp3) is 0.333. The molecule has 0 aliphatic carbocycles. The number of carbonyl (C=O) groups is 1. The van der Waals surface area contributed by atoms with Gasteiger partial charge < -0.3 is 14.8 Å². The molecule has 0 fully saturated rings. The van der Waals surface area contributed by atoms with Crippen LogP contribution in [0.1, 0.15) is 23.0 Å². The molecule has 5 heteroatoms. The minimum Gasteiger partial charge on any atom is -0.336 e. The summed E-state index contributed by atoms with van der Waals surface area (Å²) >= 11 is 0. The number of nitrogens with one attached hydrogen (secondary N) is 1. The van der Waals surface area contributed by atoms with Crippen LogP contribution in [0.15, 0.2) is 36.7 Å². The molecule has 1 unspecified atom stereocenters. The average molecular weight is 272 g/mol. The number of rotatable bonds is 3. The first kappa shape index (κ1) is 14.1. The summed E-state index contributed by atoms with van der Waals surface area (Å²) in [6, 6.07) is 7.69. The van der Waals surface area contributed by atoms with Crippen molar-refractivity contribution in [2.24, 2.45) is 7.05 Å². The van der Waals surface area contributed by atoms with Gasteiger partial charge in [0.2, 0.25) is 0 Å².